The van der Waals surface area contributed by atoms with Crippen molar-refractivity contribution in [3.63, 3.8) is 0 Å². The smallest absolute Gasteiger partial charge is 0.276 e. The van der Waals surface area contributed by atoms with E-state index in [2.05, 4.69) is 30.0 Å². The lowest BCUT2D eigenvalue weighted by atomic mass is 10.0. The Morgan fingerprint density at radius 1 is 1.03 bits per heavy atom. The first-order valence-corrected chi connectivity index (χ1v) is 11.0. The topological polar surface area (TPSA) is 79.5 Å². The molecule has 3 N–H and O–H groups in total. The van der Waals surface area contributed by atoms with E-state index in [0.29, 0.717) is 5.75 Å². The second-order valence-electron chi connectivity index (χ2n) is 7.88. The minimum Gasteiger partial charge on any atom is -0.483 e. The highest BCUT2D eigenvalue weighted by atomic mass is 32.1. The third-order valence-corrected chi connectivity index (χ3v) is 5.14. The molecule has 0 bridgehead atoms. The summed E-state index contributed by atoms with van der Waals surface area (Å²) in [7, 11) is 0. The summed E-state index contributed by atoms with van der Waals surface area (Å²) in [6.45, 7) is 5.91. The van der Waals surface area contributed by atoms with Gasteiger partial charge >= 0.3 is 0 Å². The molecule has 0 heterocycles. The van der Waals surface area contributed by atoms with Crippen LogP contribution in [0.3, 0.4) is 0 Å². The van der Waals surface area contributed by atoms with Crippen LogP contribution in [-0.2, 0) is 9.59 Å². The van der Waals surface area contributed by atoms with Crippen LogP contribution < -0.4 is 20.9 Å². The van der Waals surface area contributed by atoms with Crippen molar-refractivity contribution in [1.29, 1.82) is 0 Å². The van der Waals surface area contributed by atoms with E-state index in [0.717, 1.165) is 27.5 Å². The first kappa shape index (κ1) is 23.9. The summed E-state index contributed by atoms with van der Waals surface area (Å²) < 4.78 is 5.68. The fraction of sp³-hybridized carbons (Fsp3) is 0.192. The molecule has 6 nitrogen and oxygen atoms in total. The number of carbonyl (C=O) groups excluding carboxylic acids is 2. The summed E-state index contributed by atoms with van der Waals surface area (Å²) in [5.74, 6) is 0.113. The lowest BCUT2D eigenvalue weighted by Crippen LogP contribution is -2.49. The highest BCUT2D eigenvalue weighted by molar-refractivity contribution is 7.80. The van der Waals surface area contributed by atoms with Gasteiger partial charge in [-0.1, -0.05) is 68.4 Å². The standard InChI is InChI=1S/C26H27N3O3S/c1-17(2)21-13-11-18(3)15-23(21)32-16-25(31)28-29-26(33)27-24(30)14-12-20-9-6-8-19-7-4-5-10-22(19)20/h4-15,17H,16H2,1-3H3,(H,28,31)(H2,27,29,30,33)/b14-12+. The van der Waals surface area contributed by atoms with Gasteiger partial charge in [-0.05, 0) is 64.7 Å². The summed E-state index contributed by atoms with van der Waals surface area (Å²) in [4.78, 5) is 24.3. The third kappa shape index (κ3) is 6.89. The van der Waals surface area contributed by atoms with Crippen LogP contribution in [0.25, 0.3) is 16.8 Å². The SMILES string of the molecule is Cc1ccc(C(C)C)c(OCC(=O)NNC(=S)NC(=O)/C=C/c2cccc3ccccc23)c1. The molecule has 0 saturated carbocycles. The largest absolute Gasteiger partial charge is 0.483 e. The summed E-state index contributed by atoms with van der Waals surface area (Å²) in [5.41, 5.74) is 7.94. The van der Waals surface area contributed by atoms with E-state index in [1.807, 2.05) is 67.6 Å². The van der Waals surface area contributed by atoms with Gasteiger partial charge in [0.1, 0.15) is 5.75 Å². The molecule has 7 heteroatoms. The molecule has 0 aliphatic heterocycles. The molecule has 3 aromatic carbocycles. The van der Waals surface area contributed by atoms with Crippen molar-refractivity contribution in [2.75, 3.05) is 6.61 Å². The average Bonchev–Trinajstić information content (AvgIpc) is 2.79. The zero-order valence-electron chi connectivity index (χ0n) is 18.8. The number of hydrogen-bond donors (Lipinski definition) is 3. The first-order valence-electron chi connectivity index (χ1n) is 10.6. The Hall–Kier alpha value is -3.71. The van der Waals surface area contributed by atoms with Gasteiger partial charge < -0.3 is 4.74 Å². The van der Waals surface area contributed by atoms with E-state index in [9.17, 15) is 9.59 Å². The summed E-state index contributed by atoms with van der Waals surface area (Å²) in [5, 5.41) is 4.62. The van der Waals surface area contributed by atoms with Crippen LogP contribution in [0.15, 0.2) is 66.7 Å². The van der Waals surface area contributed by atoms with Gasteiger partial charge in [-0.3, -0.25) is 25.8 Å². The van der Waals surface area contributed by atoms with Gasteiger partial charge in [0.25, 0.3) is 5.91 Å². The van der Waals surface area contributed by atoms with Crippen LogP contribution in [0.2, 0.25) is 0 Å². The van der Waals surface area contributed by atoms with Gasteiger partial charge in [-0.15, -0.1) is 0 Å². The molecule has 0 saturated heterocycles. The molecule has 0 atom stereocenters. The highest BCUT2D eigenvalue weighted by Gasteiger charge is 2.11. The predicted octanol–water partition coefficient (Wildman–Crippen LogP) is 4.39. The average molecular weight is 462 g/mol. The number of aryl methyl sites for hydroxylation is 1. The quantitative estimate of drug-likeness (QED) is 0.288. The van der Waals surface area contributed by atoms with Crippen molar-refractivity contribution in [1.82, 2.24) is 16.2 Å². The van der Waals surface area contributed by atoms with Gasteiger partial charge in [0.15, 0.2) is 11.7 Å². The fourth-order valence-electron chi connectivity index (χ4n) is 3.30. The van der Waals surface area contributed by atoms with Crippen LogP contribution in [0.1, 0.15) is 36.5 Å². The molecule has 0 spiro atoms. The molecule has 0 aliphatic carbocycles. The molecule has 0 aromatic heterocycles. The van der Waals surface area contributed by atoms with Gasteiger partial charge in [-0.25, -0.2) is 0 Å². The van der Waals surface area contributed by atoms with Gasteiger partial charge in [-0.2, -0.15) is 0 Å². The summed E-state index contributed by atoms with van der Waals surface area (Å²) in [6, 6.07) is 19.7. The van der Waals surface area contributed by atoms with Gasteiger partial charge in [0, 0.05) is 6.08 Å². The maximum absolute atomic E-state index is 12.2. The number of hydrogen-bond acceptors (Lipinski definition) is 4. The lowest BCUT2D eigenvalue weighted by molar-refractivity contribution is -0.123. The van der Waals surface area contributed by atoms with E-state index >= 15 is 0 Å². The molecule has 0 unspecified atom stereocenters. The predicted molar refractivity (Wildman–Crippen MR) is 136 cm³/mol. The van der Waals surface area contributed by atoms with Crippen LogP contribution in [0, 0.1) is 6.92 Å². The fourth-order valence-corrected chi connectivity index (χ4v) is 3.45. The number of benzene rings is 3. The lowest BCUT2D eigenvalue weighted by Gasteiger charge is -2.15. The van der Waals surface area contributed by atoms with Crippen molar-refractivity contribution >= 4 is 46.0 Å². The number of carbonyl (C=O) groups is 2. The number of hydrazine groups is 1. The van der Waals surface area contributed by atoms with Crippen molar-refractivity contribution < 1.29 is 14.3 Å². The highest BCUT2D eigenvalue weighted by Crippen LogP contribution is 2.27. The molecular formula is C26H27N3O3S. The zero-order chi connectivity index (χ0) is 23.8. The Labute approximate surface area is 199 Å². The molecule has 3 rings (SSSR count). The maximum atomic E-state index is 12.2. The second kappa shape index (κ2) is 11.2. The Morgan fingerprint density at radius 3 is 2.58 bits per heavy atom. The molecule has 2 amide bonds. The van der Waals surface area contributed by atoms with E-state index in [1.54, 1.807) is 6.08 Å². The Morgan fingerprint density at radius 2 is 1.79 bits per heavy atom. The number of nitrogens with one attached hydrogen (secondary N) is 3. The van der Waals surface area contributed by atoms with Crippen molar-refractivity contribution in [3.05, 3.63) is 83.4 Å². The van der Waals surface area contributed by atoms with Crippen molar-refractivity contribution in [2.24, 2.45) is 0 Å². The first-order chi connectivity index (χ1) is 15.8. The Balaban J connectivity index is 1.47. The second-order valence-corrected chi connectivity index (χ2v) is 8.29. The van der Waals surface area contributed by atoms with Crippen LogP contribution in [0.4, 0.5) is 0 Å². The van der Waals surface area contributed by atoms with E-state index < -0.39 is 11.8 Å². The van der Waals surface area contributed by atoms with E-state index in [-0.39, 0.29) is 17.6 Å². The number of fused-ring (bicyclic) bond motifs is 1. The molecule has 33 heavy (non-hydrogen) atoms. The van der Waals surface area contributed by atoms with Crippen LogP contribution >= 0.6 is 12.2 Å². The molecule has 3 aromatic rings. The normalized spacial score (nSPS) is 10.9. The summed E-state index contributed by atoms with van der Waals surface area (Å²) >= 11 is 5.07. The number of thiocarbonyl (C=S) groups is 1. The number of ether oxygens (including phenoxy) is 1. The number of rotatable bonds is 6. The molecule has 0 aliphatic rings. The van der Waals surface area contributed by atoms with Crippen molar-refractivity contribution in [2.45, 2.75) is 26.7 Å². The maximum Gasteiger partial charge on any atom is 0.276 e. The molecule has 0 radical (unpaired) electrons. The third-order valence-electron chi connectivity index (χ3n) is 4.94. The summed E-state index contributed by atoms with van der Waals surface area (Å²) in [6.07, 6.45) is 3.12. The van der Waals surface area contributed by atoms with Crippen LogP contribution in [-0.4, -0.2) is 23.5 Å². The van der Waals surface area contributed by atoms with Gasteiger partial charge in [0.2, 0.25) is 5.91 Å². The van der Waals surface area contributed by atoms with Crippen LogP contribution in [0.5, 0.6) is 5.75 Å². The Kier molecular flexibility index (Phi) is 8.16. The minimum atomic E-state index is -0.422. The zero-order valence-corrected chi connectivity index (χ0v) is 19.7. The van der Waals surface area contributed by atoms with Crippen molar-refractivity contribution in [3.8, 4) is 5.75 Å². The van der Waals surface area contributed by atoms with E-state index in [4.69, 9.17) is 17.0 Å². The minimum absolute atomic E-state index is 0.0191. The Bertz CT molecular complexity index is 1200. The van der Waals surface area contributed by atoms with E-state index in [1.165, 1.54) is 6.08 Å². The van der Waals surface area contributed by atoms with Gasteiger partial charge in [0.05, 0.1) is 0 Å². The number of amides is 2. The molecular weight excluding hydrogens is 434 g/mol. The monoisotopic (exact) mass is 461 g/mol. The molecule has 170 valence electrons. The molecule has 0 fully saturated rings.